The molecule has 0 aromatic heterocycles. The lowest BCUT2D eigenvalue weighted by Crippen LogP contribution is -2.60. The molecule has 0 radical (unpaired) electrons. The van der Waals surface area contributed by atoms with Gasteiger partial charge < -0.3 is 54.3 Å². The van der Waals surface area contributed by atoms with Gasteiger partial charge in [0.1, 0.15) is 24.4 Å². The number of aromatic hydroxyl groups is 1. The number of benzene rings is 2. The Morgan fingerprint density at radius 3 is 2.30 bits per heavy atom. The summed E-state index contributed by atoms with van der Waals surface area (Å²) in [5.74, 6) is 0.766. The maximum absolute atomic E-state index is 10.3. The zero-order chi connectivity index (χ0) is 26.7. The Labute approximate surface area is 214 Å². The predicted octanol–water partition coefficient (Wildman–Crippen LogP) is 0.127. The molecule has 2 aromatic carbocycles. The highest BCUT2D eigenvalue weighted by Gasteiger charge is 2.45. The highest BCUT2D eigenvalue weighted by molar-refractivity contribution is 5.44. The average Bonchev–Trinajstić information content (AvgIpc) is 3.32. The Morgan fingerprint density at radius 2 is 1.62 bits per heavy atom. The van der Waals surface area contributed by atoms with E-state index in [1.165, 1.54) is 14.2 Å². The van der Waals surface area contributed by atoms with Crippen LogP contribution in [0.5, 0.6) is 23.0 Å². The van der Waals surface area contributed by atoms with Gasteiger partial charge >= 0.3 is 0 Å². The molecule has 0 amide bonds. The van der Waals surface area contributed by atoms with Crippen molar-refractivity contribution in [1.82, 2.24) is 0 Å². The first kappa shape index (κ1) is 27.4. The number of hydrogen-bond acceptors (Lipinski definition) is 11. The van der Waals surface area contributed by atoms with Gasteiger partial charge in [-0.1, -0.05) is 12.1 Å². The molecular weight excluding hydrogens is 488 g/mol. The van der Waals surface area contributed by atoms with Crippen molar-refractivity contribution < 1.29 is 54.3 Å². The summed E-state index contributed by atoms with van der Waals surface area (Å²) in [5, 5.41) is 59.7. The average molecular weight is 523 g/mol. The van der Waals surface area contributed by atoms with E-state index in [0.29, 0.717) is 24.5 Å². The Morgan fingerprint density at radius 1 is 0.865 bits per heavy atom. The minimum absolute atomic E-state index is 0.0142. The Kier molecular flexibility index (Phi) is 8.75. The molecule has 2 aromatic rings. The van der Waals surface area contributed by atoms with Crippen molar-refractivity contribution in [2.24, 2.45) is 11.8 Å². The lowest BCUT2D eigenvalue weighted by molar-refractivity contribution is -0.277. The summed E-state index contributed by atoms with van der Waals surface area (Å²) in [4.78, 5) is 0. The van der Waals surface area contributed by atoms with Crippen molar-refractivity contribution in [3.8, 4) is 23.0 Å². The molecule has 0 saturated carbocycles. The molecule has 0 aliphatic carbocycles. The Hall–Kier alpha value is -2.64. The van der Waals surface area contributed by atoms with Crippen molar-refractivity contribution in [3.63, 3.8) is 0 Å². The maximum Gasteiger partial charge on any atom is 0.229 e. The second-order valence-electron chi connectivity index (χ2n) is 9.30. The van der Waals surface area contributed by atoms with E-state index in [0.717, 1.165) is 11.1 Å². The fraction of sp³-hybridized carbons (Fsp3) is 0.538. The van der Waals surface area contributed by atoms with Gasteiger partial charge in [-0.25, -0.2) is 0 Å². The summed E-state index contributed by atoms with van der Waals surface area (Å²) in [6, 6.07) is 10.2. The zero-order valence-corrected chi connectivity index (χ0v) is 20.6. The van der Waals surface area contributed by atoms with Gasteiger partial charge in [0.2, 0.25) is 6.29 Å². The molecule has 2 aliphatic rings. The third kappa shape index (κ3) is 5.63. The lowest BCUT2D eigenvalue weighted by atomic mass is 9.84. The van der Waals surface area contributed by atoms with Crippen molar-refractivity contribution in [3.05, 3.63) is 47.5 Å². The molecule has 0 spiro atoms. The van der Waals surface area contributed by atoms with Gasteiger partial charge in [0.25, 0.3) is 0 Å². The van der Waals surface area contributed by atoms with Crippen LogP contribution in [0.3, 0.4) is 0 Å². The fourth-order valence-corrected chi connectivity index (χ4v) is 4.92. The van der Waals surface area contributed by atoms with Crippen LogP contribution in [0.15, 0.2) is 36.4 Å². The molecule has 8 atom stereocenters. The molecule has 0 bridgehead atoms. The third-order valence-electron chi connectivity index (χ3n) is 7.04. The van der Waals surface area contributed by atoms with E-state index < -0.39 is 43.4 Å². The second kappa shape index (κ2) is 11.8. The zero-order valence-electron chi connectivity index (χ0n) is 20.6. The molecular formula is C26H34O11. The van der Waals surface area contributed by atoms with Crippen LogP contribution in [-0.4, -0.2) is 95.4 Å². The summed E-state index contributed by atoms with van der Waals surface area (Å²) in [5.41, 5.74) is 1.70. The van der Waals surface area contributed by atoms with Crippen LogP contribution in [0.4, 0.5) is 0 Å². The number of methoxy groups -OCH3 is 2. The SMILES string of the molecule is COc1cc(C[C@H]2CO[C@@H](c3ccc(O[C@H]4O[C@@H](CO)[C@@H](O)[C@@H](O)[C@H]4O)c(OC)c3)[C@@H]2CO)ccc1O. The van der Waals surface area contributed by atoms with Crippen LogP contribution < -0.4 is 14.2 Å². The quantitative estimate of drug-likeness (QED) is 0.265. The summed E-state index contributed by atoms with van der Waals surface area (Å²) in [7, 11) is 2.93. The van der Waals surface area contributed by atoms with Crippen LogP contribution in [0.1, 0.15) is 17.2 Å². The fourth-order valence-electron chi connectivity index (χ4n) is 4.92. The van der Waals surface area contributed by atoms with E-state index in [2.05, 4.69) is 0 Å². The largest absolute Gasteiger partial charge is 0.504 e. The molecule has 2 fully saturated rings. The van der Waals surface area contributed by atoms with E-state index in [1.54, 1.807) is 30.3 Å². The van der Waals surface area contributed by atoms with Gasteiger partial charge in [-0.15, -0.1) is 0 Å². The van der Waals surface area contributed by atoms with Gasteiger partial charge in [0, 0.05) is 12.5 Å². The monoisotopic (exact) mass is 522 g/mol. The van der Waals surface area contributed by atoms with Gasteiger partial charge in [-0.2, -0.15) is 0 Å². The highest BCUT2D eigenvalue weighted by atomic mass is 16.7. The first-order valence-electron chi connectivity index (χ1n) is 12.0. The number of rotatable bonds is 9. The highest BCUT2D eigenvalue weighted by Crippen LogP contribution is 2.43. The molecule has 204 valence electrons. The summed E-state index contributed by atoms with van der Waals surface area (Å²) in [6.45, 7) is -0.249. The predicted molar refractivity (Wildman–Crippen MR) is 129 cm³/mol. The number of aliphatic hydroxyl groups is 5. The Balaban J connectivity index is 1.49. The number of phenols is 1. The summed E-state index contributed by atoms with van der Waals surface area (Å²) < 4.78 is 27.9. The molecule has 2 aliphatic heterocycles. The van der Waals surface area contributed by atoms with Crippen LogP contribution >= 0.6 is 0 Å². The standard InChI is InChI=1S/C26H34O11/c1-33-19-8-13(3-5-17(19)29)7-15-12-35-25(16(15)10-27)14-4-6-18(20(9-14)34-2)36-26-24(32)23(31)22(30)21(11-28)37-26/h3-6,8-9,15-16,21-32H,7,10-12H2,1-2H3/t15-,16+,21-,22+,23+,24+,25-,26-/m0/s1. The van der Waals surface area contributed by atoms with E-state index in [1.807, 2.05) is 6.07 Å². The summed E-state index contributed by atoms with van der Waals surface area (Å²) in [6.07, 6.45) is -6.86. The molecule has 2 saturated heterocycles. The molecule has 4 rings (SSSR count). The third-order valence-corrected chi connectivity index (χ3v) is 7.04. The Bertz CT molecular complexity index is 1050. The molecule has 37 heavy (non-hydrogen) atoms. The number of phenolic OH excluding ortho intramolecular Hbond substituents is 1. The van der Waals surface area contributed by atoms with Crippen molar-refractivity contribution >= 4 is 0 Å². The molecule has 2 heterocycles. The van der Waals surface area contributed by atoms with Crippen molar-refractivity contribution in [2.75, 3.05) is 34.0 Å². The molecule has 11 nitrogen and oxygen atoms in total. The van der Waals surface area contributed by atoms with Crippen LogP contribution in [0.25, 0.3) is 0 Å². The topological polar surface area (TPSA) is 168 Å². The summed E-state index contributed by atoms with van der Waals surface area (Å²) >= 11 is 0. The minimum atomic E-state index is -1.57. The smallest absolute Gasteiger partial charge is 0.229 e. The van der Waals surface area contributed by atoms with Gasteiger partial charge in [-0.3, -0.25) is 0 Å². The number of hydrogen-bond donors (Lipinski definition) is 6. The van der Waals surface area contributed by atoms with Crippen LogP contribution in [0.2, 0.25) is 0 Å². The van der Waals surface area contributed by atoms with Crippen LogP contribution in [0, 0.1) is 11.8 Å². The van der Waals surface area contributed by atoms with E-state index in [-0.39, 0.29) is 29.9 Å². The molecule has 11 heteroatoms. The minimum Gasteiger partial charge on any atom is -0.504 e. The lowest BCUT2D eigenvalue weighted by Gasteiger charge is -2.39. The van der Waals surface area contributed by atoms with Crippen molar-refractivity contribution in [1.29, 1.82) is 0 Å². The van der Waals surface area contributed by atoms with Crippen molar-refractivity contribution in [2.45, 2.75) is 43.2 Å². The van der Waals surface area contributed by atoms with E-state index in [4.69, 9.17) is 23.7 Å². The van der Waals surface area contributed by atoms with Gasteiger partial charge in [-0.05, 0) is 47.7 Å². The molecule has 0 unspecified atom stereocenters. The van der Waals surface area contributed by atoms with Gasteiger partial charge in [0.05, 0.1) is 33.5 Å². The van der Waals surface area contributed by atoms with Gasteiger partial charge in [0.15, 0.2) is 23.0 Å². The van der Waals surface area contributed by atoms with E-state index >= 15 is 0 Å². The first-order chi connectivity index (χ1) is 17.8. The number of ether oxygens (including phenoxy) is 5. The van der Waals surface area contributed by atoms with Crippen LogP contribution in [-0.2, 0) is 15.9 Å². The molecule has 6 N–H and O–H groups in total. The normalized spacial score (nSPS) is 31.8. The maximum atomic E-state index is 10.3. The number of aliphatic hydroxyl groups excluding tert-OH is 5. The second-order valence-corrected chi connectivity index (χ2v) is 9.30. The van der Waals surface area contributed by atoms with E-state index in [9.17, 15) is 30.6 Å². The first-order valence-corrected chi connectivity index (χ1v) is 12.0.